The van der Waals surface area contributed by atoms with Crippen molar-refractivity contribution in [2.75, 3.05) is 0 Å². The highest BCUT2D eigenvalue weighted by molar-refractivity contribution is 7.90. The van der Waals surface area contributed by atoms with Gasteiger partial charge < -0.3 is 9.47 Å². The molecule has 1 aliphatic rings. The van der Waals surface area contributed by atoms with Gasteiger partial charge in [0, 0.05) is 18.8 Å². The highest BCUT2D eigenvalue weighted by Crippen LogP contribution is 2.30. The van der Waals surface area contributed by atoms with Crippen LogP contribution in [0.2, 0.25) is 0 Å². The van der Waals surface area contributed by atoms with Crippen LogP contribution in [0.5, 0.6) is 11.5 Å². The molecule has 8 heteroatoms. The fourth-order valence-electron chi connectivity index (χ4n) is 2.84. The van der Waals surface area contributed by atoms with Gasteiger partial charge in [-0.05, 0) is 35.4 Å². The van der Waals surface area contributed by atoms with Crippen molar-refractivity contribution in [1.82, 2.24) is 9.71 Å². The molecule has 0 bridgehead atoms. The molecule has 0 fully saturated rings. The summed E-state index contributed by atoms with van der Waals surface area (Å²) in [5.74, 6) is -0.0257. The van der Waals surface area contributed by atoms with E-state index in [1.165, 1.54) is 18.3 Å². The van der Waals surface area contributed by atoms with Crippen LogP contribution in [-0.4, -0.2) is 25.6 Å². The van der Waals surface area contributed by atoms with Gasteiger partial charge in [-0.2, -0.15) is 0 Å². The normalized spacial score (nSPS) is 13.7. The summed E-state index contributed by atoms with van der Waals surface area (Å²) in [7, 11) is -4.11. The monoisotopic (exact) mass is 396 g/mol. The molecule has 1 aliphatic heterocycles. The Labute approximate surface area is 162 Å². The predicted octanol–water partition coefficient (Wildman–Crippen LogP) is 2.27. The molecule has 1 aromatic heterocycles. The molecule has 0 unspecified atom stereocenters. The molecule has 1 amide bonds. The highest BCUT2D eigenvalue weighted by atomic mass is 32.2. The average molecular weight is 396 g/mol. The highest BCUT2D eigenvalue weighted by Gasteiger charge is 2.30. The number of nitrogens with one attached hydrogen (secondary N) is 1. The Morgan fingerprint density at radius 2 is 1.54 bits per heavy atom. The molecule has 0 saturated heterocycles. The van der Waals surface area contributed by atoms with Gasteiger partial charge in [0.05, 0.1) is 0 Å². The lowest BCUT2D eigenvalue weighted by Gasteiger charge is -2.25. The van der Waals surface area contributed by atoms with Crippen LogP contribution in [0, 0.1) is 0 Å². The summed E-state index contributed by atoms with van der Waals surface area (Å²) in [6, 6.07) is 17.3. The maximum Gasteiger partial charge on any atom is 0.322 e. The number of ether oxygens (including phenoxy) is 2. The molecule has 2 heterocycles. The Morgan fingerprint density at radius 3 is 2.11 bits per heavy atom. The zero-order chi connectivity index (χ0) is 19.6. The second-order valence-electron chi connectivity index (χ2n) is 6.12. The largest absolute Gasteiger partial charge is 0.446 e. The fraction of sp³-hybridized carbons (Fsp3) is 0.100. The lowest BCUT2D eigenvalue weighted by Crippen LogP contribution is -2.45. The molecule has 4 rings (SSSR count). The Morgan fingerprint density at radius 1 is 0.929 bits per heavy atom. The van der Waals surface area contributed by atoms with E-state index in [9.17, 15) is 13.2 Å². The van der Waals surface area contributed by atoms with E-state index in [0.29, 0.717) is 17.9 Å². The number of carbonyl (C=O) groups excluding carboxylic acids is 1. The first-order chi connectivity index (χ1) is 13.5. The number of para-hydroxylation sites is 2. The average Bonchev–Trinajstić information content (AvgIpc) is 2.68. The first-order valence-corrected chi connectivity index (χ1v) is 9.97. The number of amides is 1. The number of nitrogens with zero attached hydrogens (tertiary/aromatic N) is 1. The molecule has 0 spiro atoms. The first kappa shape index (κ1) is 18.0. The minimum atomic E-state index is -4.11. The van der Waals surface area contributed by atoms with Gasteiger partial charge in [0.1, 0.15) is 16.4 Å². The van der Waals surface area contributed by atoms with E-state index in [4.69, 9.17) is 9.47 Å². The van der Waals surface area contributed by atoms with E-state index in [2.05, 4.69) is 4.98 Å². The molecular formula is C20H16N2O5S. The predicted molar refractivity (Wildman–Crippen MR) is 100 cm³/mol. The van der Waals surface area contributed by atoms with Gasteiger partial charge in [-0.1, -0.05) is 36.4 Å². The quantitative estimate of drug-likeness (QED) is 0.730. The number of sulfonamides is 1. The maximum absolute atomic E-state index is 12.7. The number of carbonyl (C=O) groups is 1. The van der Waals surface area contributed by atoms with Crippen molar-refractivity contribution in [2.24, 2.45) is 0 Å². The number of benzene rings is 2. The summed E-state index contributed by atoms with van der Waals surface area (Å²) >= 11 is 0. The summed E-state index contributed by atoms with van der Waals surface area (Å²) < 4.78 is 38.3. The molecule has 0 aliphatic carbocycles. The van der Waals surface area contributed by atoms with Crippen molar-refractivity contribution in [3.05, 3.63) is 84.2 Å². The third-order valence-corrected chi connectivity index (χ3v) is 5.52. The number of rotatable bonds is 3. The number of fused-ring (bicyclic) bond motifs is 2. The summed E-state index contributed by atoms with van der Waals surface area (Å²) in [6.07, 6.45) is 1.68. The summed E-state index contributed by atoms with van der Waals surface area (Å²) in [5.41, 5.74) is 1.73. The summed E-state index contributed by atoms with van der Waals surface area (Å²) in [4.78, 5) is 16.3. The Bertz CT molecular complexity index is 1070. The third-order valence-electron chi connectivity index (χ3n) is 4.19. The SMILES string of the molecule is O=C(NS(=O)(=O)c1cccnc1)C1Oc2ccccc2Cc2ccccc2O1. The molecule has 28 heavy (non-hydrogen) atoms. The zero-order valence-corrected chi connectivity index (χ0v) is 15.4. The van der Waals surface area contributed by atoms with Gasteiger partial charge in [0.2, 0.25) is 0 Å². The third kappa shape index (κ3) is 3.67. The second kappa shape index (κ2) is 7.32. The van der Waals surface area contributed by atoms with E-state index >= 15 is 0 Å². The van der Waals surface area contributed by atoms with E-state index in [0.717, 1.165) is 17.3 Å². The van der Waals surface area contributed by atoms with Crippen LogP contribution in [0.1, 0.15) is 11.1 Å². The molecule has 2 aromatic carbocycles. The number of hydrogen-bond acceptors (Lipinski definition) is 6. The van der Waals surface area contributed by atoms with Gasteiger partial charge in [0.25, 0.3) is 10.0 Å². The van der Waals surface area contributed by atoms with Gasteiger partial charge in [-0.15, -0.1) is 0 Å². The van der Waals surface area contributed by atoms with E-state index in [1.54, 1.807) is 24.3 Å². The van der Waals surface area contributed by atoms with Crippen LogP contribution in [-0.2, 0) is 21.2 Å². The van der Waals surface area contributed by atoms with Crippen LogP contribution in [0.25, 0.3) is 0 Å². The molecule has 3 aromatic rings. The second-order valence-corrected chi connectivity index (χ2v) is 7.80. The molecule has 7 nitrogen and oxygen atoms in total. The zero-order valence-electron chi connectivity index (χ0n) is 14.6. The van der Waals surface area contributed by atoms with E-state index in [1.807, 2.05) is 29.0 Å². The van der Waals surface area contributed by atoms with Gasteiger partial charge >= 0.3 is 12.2 Å². The minimum absolute atomic E-state index is 0.130. The maximum atomic E-state index is 12.7. The van der Waals surface area contributed by atoms with Crippen LogP contribution in [0.3, 0.4) is 0 Å². The van der Waals surface area contributed by atoms with Crippen molar-refractivity contribution in [3.63, 3.8) is 0 Å². The molecule has 142 valence electrons. The van der Waals surface area contributed by atoms with Crippen molar-refractivity contribution in [2.45, 2.75) is 17.6 Å². The Hall–Kier alpha value is -3.39. The van der Waals surface area contributed by atoms with Crippen molar-refractivity contribution < 1.29 is 22.7 Å². The summed E-state index contributed by atoms with van der Waals surface area (Å²) in [6.45, 7) is 0. The lowest BCUT2D eigenvalue weighted by atomic mass is 10.0. The van der Waals surface area contributed by atoms with Crippen LogP contribution < -0.4 is 14.2 Å². The van der Waals surface area contributed by atoms with Crippen molar-refractivity contribution in [3.8, 4) is 11.5 Å². The molecular weight excluding hydrogens is 380 g/mol. The Balaban J connectivity index is 1.66. The fourth-order valence-corrected chi connectivity index (χ4v) is 3.78. The van der Waals surface area contributed by atoms with Crippen LogP contribution in [0.15, 0.2) is 78.0 Å². The van der Waals surface area contributed by atoms with Gasteiger partial charge in [-0.25, -0.2) is 13.1 Å². The molecule has 0 radical (unpaired) electrons. The molecule has 1 N–H and O–H groups in total. The number of aromatic nitrogens is 1. The van der Waals surface area contributed by atoms with Crippen LogP contribution >= 0.6 is 0 Å². The standard InChI is InChI=1S/C20H16N2O5S/c23-19(22-28(24,25)16-8-5-11-21-13-16)20-26-17-9-3-1-6-14(17)12-15-7-2-4-10-18(15)27-20/h1-11,13,20H,12H2,(H,22,23). The van der Waals surface area contributed by atoms with Gasteiger partial charge in [-0.3, -0.25) is 9.78 Å². The topological polar surface area (TPSA) is 94.6 Å². The lowest BCUT2D eigenvalue weighted by molar-refractivity contribution is -0.138. The van der Waals surface area contributed by atoms with E-state index in [-0.39, 0.29) is 4.90 Å². The molecule has 0 saturated carbocycles. The summed E-state index contributed by atoms with van der Waals surface area (Å²) in [5, 5.41) is 0. The number of pyridine rings is 1. The first-order valence-electron chi connectivity index (χ1n) is 8.49. The minimum Gasteiger partial charge on any atom is -0.446 e. The molecule has 0 atom stereocenters. The Kier molecular flexibility index (Phi) is 4.70. The van der Waals surface area contributed by atoms with Crippen molar-refractivity contribution >= 4 is 15.9 Å². The van der Waals surface area contributed by atoms with Gasteiger partial charge in [0.15, 0.2) is 0 Å². The van der Waals surface area contributed by atoms with Crippen molar-refractivity contribution in [1.29, 1.82) is 0 Å². The van der Waals surface area contributed by atoms with E-state index < -0.39 is 22.2 Å². The smallest absolute Gasteiger partial charge is 0.322 e. The van der Waals surface area contributed by atoms with Crippen LogP contribution in [0.4, 0.5) is 0 Å². The number of hydrogen-bond donors (Lipinski definition) is 1.